The van der Waals surface area contributed by atoms with Crippen LogP contribution in [-0.2, 0) is 17.8 Å². The highest BCUT2D eigenvalue weighted by atomic mass is 16.3. The Morgan fingerprint density at radius 2 is 1.74 bits per heavy atom. The maximum absolute atomic E-state index is 13.6. The number of benzene rings is 1. The second-order valence-electron chi connectivity index (χ2n) is 11.7. The van der Waals surface area contributed by atoms with E-state index in [2.05, 4.69) is 32.6 Å². The van der Waals surface area contributed by atoms with Crippen molar-refractivity contribution in [1.29, 1.82) is 0 Å². The van der Waals surface area contributed by atoms with Crippen LogP contribution in [0.3, 0.4) is 0 Å². The van der Waals surface area contributed by atoms with Gasteiger partial charge in [-0.05, 0) is 73.4 Å². The summed E-state index contributed by atoms with van der Waals surface area (Å²) in [6, 6.07) is 10.9. The van der Waals surface area contributed by atoms with Crippen molar-refractivity contribution in [1.82, 2.24) is 19.3 Å². The van der Waals surface area contributed by atoms with Gasteiger partial charge in [0.15, 0.2) is 5.76 Å². The smallest absolute Gasteiger partial charge is 0.289 e. The summed E-state index contributed by atoms with van der Waals surface area (Å²) < 4.78 is 7.81. The standard InChI is InChI=1S/C31H38N4O3/c36-29(21-32-13-15-33(16-14-32)31(37)28-10-5-19-38-28)34-17-18-35-26-12-11-23(22-6-2-1-3-7-22)20-25(26)24-8-4-9-27(34)30(24)35/h5,10-12,19-20,22,27H,1-4,6-9,13-18,21H2. The molecule has 3 aromatic rings. The second-order valence-corrected chi connectivity index (χ2v) is 11.7. The van der Waals surface area contributed by atoms with E-state index in [1.54, 1.807) is 12.1 Å². The summed E-state index contributed by atoms with van der Waals surface area (Å²) in [4.78, 5) is 32.4. The Hall–Kier alpha value is -3.06. The molecule has 1 saturated carbocycles. The quantitative estimate of drug-likeness (QED) is 0.494. The summed E-state index contributed by atoms with van der Waals surface area (Å²) in [5.74, 6) is 1.26. The highest BCUT2D eigenvalue weighted by Gasteiger charge is 2.38. The van der Waals surface area contributed by atoms with Gasteiger partial charge in [-0.1, -0.05) is 25.3 Å². The number of fused-ring (bicyclic) bond motifs is 3. The number of furan rings is 1. The normalized spacial score (nSPS) is 22.6. The number of aryl methyl sites for hydroxylation is 1. The Morgan fingerprint density at radius 3 is 2.53 bits per heavy atom. The van der Waals surface area contributed by atoms with Gasteiger partial charge in [0.25, 0.3) is 5.91 Å². The van der Waals surface area contributed by atoms with Gasteiger partial charge in [-0.2, -0.15) is 0 Å². The molecular formula is C31H38N4O3. The Morgan fingerprint density at radius 1 is 0.895 bits per heavy atom. The van der Waals surface area contributed by atoms with E-state index < -0.39 is 0 Å². The van der Waals surface area contributed by atoms with Gasteiger partial charge in [0.2, 0.25) is 5.91 Å². The Bertz CT molecular complexity index is 1330. The molecule has 7 rings (SSSR count). The van der Waals surface area contributed by atoms with Crippen LogP contribution in [-0.4, -0.2) is 70.3 Å². The van der Waals surface area contributed by atoms with Gasteiger partial charge in [-0.15, -0.1) is 0 Å². The summed E-state index contributed by atoms with van der Waals surface area (Å²) in [6.45, 7) is 4.76. The molecule has 1 saturated heterocycles. The molecule has 0 N–H and O–H groups in total. The van der Waals surface area contributed by atoms with Gasteiger partial charge >= 0.3 is 0 Å². The molecule has 2 aromatic heterocycles. The predicted molar refractivity (Wildman–Crippen MR) is 146 cm³/mol. The van der Waals surface area contributed by atoms with Crippen molar-refractivity contribution >= 4 is 22.7 Å². The molecule has 200 valence electrons. The van der Waals surface area contributed by atoms with Crippen LogP contribution < -0.4 is 0 Å². The number of piperazine rings is 1. The molecule has 0 radical (unpaired) electrons. The van der Waals surface area contributed by atoms with Crippen molar-refractivity contribution in [3.05, 3.63) is 59.2 Å². The van der Waals surface area contributed by atoms with Gasteiger partial charge in [0.1, 0.15) is 0 Å². The van der Waals surface area contributed by atoms with E-state index in [0.717, 1.165) is 32.4 Å². The van der Waals surface area contributed by atoms with Crippen LogP contribution in [0.4, 0.5) is 0 Å². The van der Waals surface area contributed by atoms with Crippen molar-refractivity contribution in [2.24, 2.45) is 0 Å². The van der Waals surface area contributed by atoms with Gasteiger partial charge in [0, 0.05) is 55.9 Å². The number of amides is 2. The summed E-state index contributed by atoms with van der Waals surface area (Å²) in [5.41, 5.74) is 5.79. The fourth-order valence-electron chi connectivity index (χ4n) is 7.56. The number of hydrogen-bond donors (Lipinski definition) is 0. The Labute approximate surface area is 224 Å². The number of carbonyl (C=O) groups is 2. The van der Waals surface area contributed by atoms with Crippen LogP contribution in [0.5, 0.6) is 0 Å². The van der Waals surface area contributed by atoms with Crippen molar-refractivity contribution < 1.29 is 14.0 Å². The topological polar surface area (TPSA) is 61.9 Å². The van der Waals surface area contributed by atoms with Crippen molar-refractivity contribution in [2.75, 3.05) is 39.3 Å². The lowest BCUT2D eigenvalue weighted by Crippen LogP contribution is -2.53. The molecule has 4 heterocycles. The summed E-state index contributed by atoms with van der Waals surface area (Å²) in [5, 5.41) is 1.44. The van der Waals surface area contributed by atoms with Gasteiger partial charge in [0.05, 0.1) is 18.8 Å². The van der Waals surface area contributed by atoms with E-state index in [1.807, 2.05) is 4.90 Å². The maximum atomic E-state index is 13.6. The molecule has 2 fully saturated rings. The Kier molecular flexibility index (Phi) is 6.27. The van der Waals surface area contributed by atoms with Gasteiger partial charge in [-0.25, -0.2) is 0 Å². The molecule has 38 heavy (non-hydrogen) atoms. The minimum Gasteiger partial charge on any atom is -0.459 e. The zero-order valence-corrected chi connectivity index (χ0v) is 22.2. The molecule has 7 nitrogen and oxygen atoms in total. The molecule has 1 atom stereocenters. The zero-order valence-electron chi connectivity index (χ0n) is 22.2. The SMILES string of the molecule is O=C(c1ccco1)N1CCN(CC(=O)N2CCn3c4c(c5cc(C6CCCCC6)ccc53)CCCC42)CC1. The molecule has 2 aliphatic carbocycles. The molecule has 1 unspecified atom stereocenters. The lowest BCUT2D eigenvalue weighted by molar-refractivity contribution is -0.136. The first-order chi connectivity index (χ1) is 18.7. The van der Waals surface area contributed by atoms with Crippen LogP contribution in [0, 0.1) is 0 Å². The lowest BCUT2D eigenvalue weighted by atomic mass is 9.83. The van der Waals surface area contributed by atoms with Crippen LogP contribution in [0.1, 0.15) is 84.3 Å². The molecule has 7 heteroatoms. The largest absolute Gasteiger partial charge is 0.459 e. The first-order valence-electron chi connectivity index (χ1n) is 14.7. The molecule has 4 aliphatic rings. The number of aromatic nitrogens is 1. The fourth-order valence-corrected chi connectivity index (χ4v) is 7.56. The molecule has 0 spiro atoms. The van der Waals surface area contributed by atoms with E-state index in [1.165, 1.54) is 66.1 Å². The van der Waals surface area contributed by atoms with Crippen molar-refractivity contribution in [2.45, 2.75) is 69.9 Å². The van der Waals surface area contributed by atoms with Crippen LogP contribution in [0.2, 0.25) is 0 Å². The second kappa shape index (κ2) is 9.92. The Balaban J connectivity index is 1.06. The van der Waals surface area contributed by atoms with E-state index in [9.17, 15) is 9.59 Å². The molecule has 2 aliphatic heterocycles. The first-order valence-corrected chi connectivity index (χ1v) is 14.7. The van der Waals surface area contributed by atoms with Gasteiger partial charge < -0.3 is 18.8 Å². The molecular weight excluding hydrogens is 476 g/mol. The zero-order chi connectivity index (χ0) is 25.6. The third-order valence-electron chi connectivity index (χ3n) is 9.54. The summed E-state index contributed by atoms with van der Waals surface area (Å²) in [6.07, 6.45) is 11.6. The van der Waals surface area contributed by atoms with Crippen LogP contribution in [0.25, 0.3) is 10.9 Å². The first kappa shape index (κ1) is 24.0. The fraction of sp³-hybridized carbons (Fsp3) is 0.548. The van der Waals surface area contributed by atoms with E-state index in [4.69, 9.17) is 4.42 Å². The predicted octanol–water partition coefficient (Wildman–Crippen LogP) is 4.96. The van der Waals surface area contributed by atoms with Crippen molar-refractivity contribution in [3.63, 3.8) is 0 Å². The highest BCUT2D eigenvalue weighted by molar-refractivity contribution is 5.91. The minimum absolute atomic E-state index is 0.0637. The monoisotopic (exact) mass is 514 g/mol. The van der Waals surface area contributed by atoms with E-state index in [0.29, 0.717) is 44.4 Å². The summed E-state index contributed by atoms with van der Waals surface area (Å²) >= 11 is 0. The van der Waals surface area contributed by atoms with E-state index in [-0.39, 0.29) is 17.9 Å². The maximum Gasteiger partial charge on any atom is 0.289 e. The van der Waals surface area contributed by atoms with Crippen LogP contribution in [0.15, 0.2) is 41.0 Å². The average Bonchev–Trinajstić information content (AvgIpc) is 3.62. The third-order valence-corrected chi connectivity index (χ3v) is 9.54. The average molecular weight is 515 g/mol. The van der Waals surface area contributed by atoms with Crippen molar-refractivity contribution in [3.8, 4) is 0 Å². The van der Waals surface area contributed by atoms with Crippen LogP contribution >= 0.6 is 0 Å². The number of nitrogens with zero attached hydrogens (tertiary/aromatic N) is 4. The minimum atomic E-state index is -0.0637. The number of carbonyl (C=O) groups excluding carboxylic acids is 2. The molecule has 1 aromatic carbocycles. The lowest BCUT2D eigenvalue weighted by Gasteiger charge is -2.41. The highest BCUT2D eigenvalue weighted by Crippen LogP contribution is 2.44. The molecule has 0 bridgehead atoms. The summed E-state index contributed by atoms with van der Waals surface area (Å²) in [7, 11) is 0. The third kappa shape index (κ3) is 4.15. The van der Waals surface area contributed by atoms with E-state index >= 15 is 0 Å². The molecule has 2 amide bonds. The number of rotatable bonds is 4. The number of hydrogen-bond acceptors (Lipinski definition) is 4. The van der Waals surface area contributed by atoms with Gasteiger partial charge in [-0.3, -0.25) is 14.5 Å².